The maximum absolute atomic E-state index is 14.9. The molecule has 2 aromatic rings. The highest BCUT2D eigenvalue weighted by atomic mass is 19.1. The van der Waals surface area contributed by atoms with Gasteiger partial charge in [-0.05, 0) is 31.9 Å². The van der Waals surface area contributed by atoms with Gasteiger partial charge in [0.25, 0.3) is 5.91 Å². The molecule has 1 aliphatic carbocycles. The van der Waals surface area contributed by atoms with Crippen LogP contribution in [-0.4, -0.2) is 49.7 Å². The number of amides is 1. The van der Waals surface area contributed by atoms with E-state index in [1.165, 1.54) is 11.0 Å². The highest BCUT2D eigenvalue weighted by Gasteiger charge is 2.26. The van der Waals surface area contributed by atoms with Crippen LogP contribution in [0.2, 0.25) is 0 Å². The first kappa shape index (κ1) is 18.0. The summed E-state index contributed by atoms with van der Waals surface area (Å²) in [5.74, 6) is -0.764. The fraction of sp³-hybridized carbons (Fsp3) is 0.500. The van der Waals surface area contributed by atoms with Crippen molar-refractivity contribution in [2.45, 2.75) is 32.4 Å². The number of halogens is 1. The van der Waals surface area contributed by atoms with Crippen molar-refractivity contribution >= 4 is 22.5 Å². The van der Waals surface area contributed by atoms with Gasteiger partial charge in [-0.2, -0.15) is 0 Å². The van der Waals surface area contributed by atoms with Gasteiger partial charge in [0.15, 0.2) is 0 Å². The SMILES string of the molecule is CCn1cc(C(=O)NC2CC2)c(=O)c2cc(F)c(N3CC[NH+](C)CC3)cc21. The number of benzene rings is 1. The molecule has 2 fully saturated rings. The lowest BCUT2D eigenvalue weighted by Gasteiger charge is -2.32. The van der Waals surface area contributed by atoms with Crippen LogP contribution in [0.15, 0.2) is 23.1 Å². The Kier molecular flexibility index (Phi) is 4.63. The molecule has 4 rings (SSSR count). The smallest absolute Gasteiger partial charge is 0.256 e. The summed E-state index contributed by atoms with van der Waals surface area (Å²) in [6.45, 7) is 6.03. The minimum atomic E-state index is -0.402. The van der Waals surface area contributed by atoms with E-state index in [1.807, 2.05) is 16.4 Å². The van der Waals surface area contributed by atoms with Gasteiger partial charge in [0.1, 0.15) is 11.4 Å². The second-order valence-corrected chi connectivity index (χ2v) is 7.67. The number of fused-ring (bicyclic) bond motifs is 1. The molecule has 0 radical (unpaired) electrons. The van der Waals surface area contributed by atoms with Gasteiger partial charge in [0, 0.05) is 24.2 Å². The average Bonchev–Trinajstić information content (AvgIpc) is 3.47. The summed E-state index contributed by atoms with van der Waals surface area (Å²) >= 11 is 0. The first-order valence-electron chi connectivity index (χ1n) is 9.71. The summed E-state index contributed by atoms with van der Waals surface area (Å²) in [7, 11) is 2.14. The van der Waals surface area contributed by atoms with Gasteiger partial charge in [0.2, 0.25) is 5.43 Å². The standard InChI is InChI=1S/C20H25FN4O2/c1-3-24-12-15(20(27)22-13-4-5-13)19(26)14-10-16(21)18(11-17(14)24)25-8-6-23(2)7-9-25/h10-13H,3-9H2,1-2H3,(H,22,27)/p+1. The Hall–Kier alpha value is -2.41. The topological polar surface area (TPSA) is 58.8 Å². The summed E-state index contributed by atoms with van der Waals surface area (Å²) in [5.41, 5.74) is 0.896. The molecular weight excluding hydrogens is 347 g/mol. The fourth-order valence-corrected chi connectivity index (χ4v) is 3.69. The highest BCUT2D eigenvalue weighted by Crippen LogP contribution is 2.26. The van der Waals surface area contributed by atoms with E-state index in [-0.39, 0.29) is 22.9 Å². The van der Waals surface area contributed by atoms with E-state index in [2.05, 4.69) is 12.4 Å². The molecule has 1 aromatic carbocycles. The Bertz CT molecular complexity index is 943. The van der Waals surface area contributed by atoms with Gasteiger partial charge in [-0.3, -0.25) is 9.59 Å². The predicted octanol–water partition coefficient (Wildman–Crippen LogP) is 0.387. The molecule has 1 aromatic heterocycles. The first-order valence-corrected chi connectivity index (χ1v) is 9.71. The monoisotopic (exact) mass is 373 g/mol. The van der Waals surface area contributed by atoms with Gasteiger partial charge in [-0.25, -0.2) is 4.39 Å². The Morgan fingerprint density at radius 3 is 2.63 bits per heavy atom. The zero-order valence-corrected chi connectivity index (χ0v) is 15.8. The number of nitrogens with zero attached hydrogens (tertiary/aromatic N) is 2. The minimum absolute atomic E-state index is 0.0894. The Balaban J connectivity index is 1.79. The lowest BCUT2D eigenvalue weighted by molar-refractivity contribution is -0.880. The number of aryl methyl sites for hydroxylation is 1. The van der Waals surface area contributed by atoms with Crippen molar-refractivity contribution in [1.82, 2.24) is 9.88 Å². The predicted molar refractivity (Wildman–Crippen MR) is 103 cm³/mol. The largest absolute Gasteiger partial charge is 0.358 e. The number of likely N-dealkylation sites (N-methyl/N-ethyl adjacent to an activating group) is 1. The van der Waals surface area contributed by atoms with E-state index < -0.39 is 11.2 Å². The number of piperazine rings is 1. The highest BCUT2D eigenvalue weighted by molar-refractivity contribution is 5.98. The van der Waals surface area contributed by atoms with Crippen molar-refractivity contribution < 1.29 is 14.1 Å². The summed E-state index contributed by atoms with van der Waals surface area (Å²) in [4.78, 5) is 28.8. The number of nitrogens with one attached hydrogen (secondary N) is 2. The molecule has 0 spiro atoms. The molecule has 0 unspecified atom stereocenters. The fourth-order valence-electron chi connectivity index (χ4n) is 3.69. The minimum Gasteiger partial charge on any atom is -0.358 e. The van der Waals surface area contributed by atoms with E-state index >= 15 is 0 Å². The van der Waals surface area contributed by atoms with E-state index in [9.17, 15) is 14.0 Å². The van der Waals surface area contributed by atoms with Crippen LogP contribution in [0, 0.1) is 5.82 Å². The number of pyridine rings is 1. The molecule has 1 aliphatic heterocycles. The van der Waals surface area contributed by atoms with Gasteiger partial charge in [-0.15, -0.1) is 0 Å². The Morgan fingerprint density at radius 1 is 1.30 bits per heavy atom. The zero-order valence-electron chi connectivity index (χ0n) is 15.8. The molecule has 2 heterocycles. The summed E-state index contributed by atoms with van der Waals surface area (Å²) in [6, 6.07) is 3.23. The summed E-state index contributed by atoms with van der Waals surface area (Å²) < 4.78 is 16.7. The third kappa shape index (κ3) is 3.43. The van der Waals surface area contributed by atoms with Crippen LogP contribution in [0.3, 0.4) is 0 Å². The van der Waals surface area contributed by atoms with Crippen LogP contribution >= 0.6 is 0 Å². The Labute approximate surface area is 157 Å². The first-order chi connectivity index (χ1) is 13.0. The second kappa shape index (κ2) is 6.96. The lowest BCUT2D eigenvalue weighted by atomic mass is 10.1. The van der Waals surface area contributed by atoms with Crippen molar-refractivity contribution in [3.63, 3.8) is 0 Å². The third-order valence-corrected chi connectivity index (χ3v) is 5.60. The maximum atomic E-state index is 14.9. The average molecular weight is 373 g/mol. The van der Waals surface area contributed by atoms with Crippen LogP contribution in [0.1, 0.15) is 30.1 Å². The molecule has 1 amide bonds. The zero-order chi connectivity index (χ0) is 19.1. The van der Waals surface area contributed by atoms with Crippen molar-refractivity contribution in [2.75, 3.05) is 38.1 Å². The molecule has 0 atom stereocenters. The molecule has 2 N–H and O–H groups in total. The molecule has 7 heteroatoms. The van der Waals surface area contributed by atoms with Crippen molar-refractivity contribution in [3.8, 4) is 0 Å². The number of carbonyl (C=O) groups excluding carboxylic acids is 1. The van der Waals surface area contributed by atoms with E-state index in [4.69, 9.17) is 0 Å². The number of hydrogen-bond donors (Lipinski definition) is 2. The third-order valence-electron chi connectivity index (χ3n) is 5.60. The van der Waals surface area contributed by atoms with Crippen LogP contribution in [0.4, 0.5) is 10.1 Å². The second-order valence-electron chi connectivity index (χ2n) is 7.67. The van der Waals surface area contributed by atoms with Crippen LogP contribution in [-0.2, 0) is 6.54 Å². The van der Waals surface area contributed by atoms with Crippen molar-refractivity contribution in [3.05, 3.63) is 39.9 Å². The number of hydrogen-bond acceptors (Lipinski definition) is 3. The maximum Gasteiger partial charge on any atom is 0.256 e. The van der Waals surface area contributed by atoms with E-state index in [1.54, 1.807) is 12.3 Å². The van der Waals surface area contributed by atoms with Gasteiger partial charge >= 0.3 is 0 Å². The van der Waals surface area contributed by atoms with Gasteiger partial charge < -0.3 is 19.7 Å². The molecule has 1 saturated heterocycles. The molecule has 27 heavy (non-hydrogen) atoms. The van der Waals surface area contributed by atoms with E-state index in [0.29, 0.717) is 17.7 Å². The van der Waals surface area contributed by atoms with Crippen LogP contribution in [0.25, 0.3) is 10.9 Å². The number of rotatable bonds is 4. The summed E-state index contributed by atoms with van der Waals surface area (Å²) in [5, 5.41) is 3.12. The molecule has 1 saturated carbocycles. The molecule has 6 nitrogen and oxygen atoms in total. The van der Waals surface area contributed by atoms with E-state index in [0.717, 1.165) is 39.0 Å². The molecule has 2 aliphatic rings. The Morgan fingerprint density at radius 2 is 2.00 bits per heavy atom. The molecular formula is C20H26FN4O2+. The number of quaternary nitrogens is 1. The number of anilines is 1. The van der Waals surface area contributed by atoms with Crippen LogP contribution < -0.4 is 20.5 Å². The lowest BCUT2D eigenvalue weighted by Crippen LogP contribution is -3.12. The van der Waals surface area contributed by atoms with Crippen molar-refractivity contribution in [1.29, 1.82) is 0 Å². The number of carbonyl (C=O) groups is 1. The van der Waals surface area contributed by atoms with Crippen molar-refractivity contribution in [2.24, 2.45) is 0 Å². The normalized spacial score (nSPS) is 18.1. The van der Waals surface area contributed by atoms with Gasteiger partial charge in [-0.1, -0.05) is 0 Å². The van der Waals surface area contributed by atoms with Crippen LogP contribution in [0.5, 0.6) is 0 Å². The molecule has 144 valence electrons. The molecule has 0 bridgehead atoms. The number of aromatic nitrogens is 1. The quantitative estimate of drug-likeness (QED) is 0.815. The summed E-state index contributed by atoms with van der Waals surface area (Å²) in [6.07, 6.45) is 3.51. The van der Waals surface area contributed by atoms with Gasteiger partial charge in [0.05, 0.1) is 44.4 Å².